The maximum Gasteiger partial charge on any atom is 0.137 e. The third-order valence-electron chi connectivity index (χ3n) is 7.74. The molecule has 0 saturated heterocycles. The molecule has 0 fully saturated rings. The largest absolute Gasteiger partial charge is 0.456 e. The van der Waals surface area contributed by atoms with Gasteiger partial charge in [-0.05, 0) is 47.4 Å². The number of rotatable bonds is 1. The van der Waals surface area contributed by atoms with Crippen LogP contribution in [0.5, 0.6) is 0 Å². The Morgan fingerprint density at radius 3 is 2.25 bits per heavy atom. The maximum atomic E-state index is 6.25. The molecule has 0 aliphatic carbocycles. The second-order valence-corrected chi connectivity index (χ2v) is 10.9. The fraction of sp³-hybridized carbons (Fsp3) is 0.121. The fourth-order valence-corrected chi connectivity index (χ4v) is 5.91. The number of hydrogen-bond donors (Lipinski definition) is 0. The van der Waals surface area contributed by atoms with Crippen LogP contribution in [0.4, 0.5) is 0 Å². The minimum atomic E-state index is 0.0826. The van der Waals surface area contributed by atoms with Gasteiger partial charge in [0.25, 0.3) is 0 Å². The number of furan rings is 1. The van der Waals surface area contributed by atoms with Crippen molar-refractivity contribution in [2.24, 2.45) is 0 Å². The second kappa shape index (κ2) is 6.64. The van der Waals surface area contributed by atoms with Crippen molar-refractivity contribution in [3.63, 3.8) is 0 Å². The number of aromatic nitrogens is 2. The summed E-state index contributed by atoms with van der Waals surface area (Å²) in [5, 5.41) is 7.40. The van der Waals surface area contributed by atoms with Gasteiger partial charge in [-0.3, -0.25) is 4.98 Å². The molecule has 4 heterocycles. The Kier molecular flexibility index (Phi) is 3.67. The molecular formula is C33H24N2O. The molecule has 4 aromatic carbocycles. The van der Waals surface area contributed by atoms with Crippen LogP contribution in [0.15, 0.2) is 95.5 Å². The maximum absolute atomic E-state index is 6.25. The molecule has 0 N–H and O–H groups in total. The Labute approximate surface area is 207 Å². The summed E-state index contributed by atoms with van der Waals surface area (Å²) in [4.78, 5) is 4.72. The van der Waals surface area contributed by atoms with E-state index in [1.54, 1.807) is 0 Å². The summed E-state index contributed by atoms with van der Waals surface area (Å²) in [5.74, 6) is 0. The van der Waals surface area contributed by atoms with Crippen LogP contribution in [0.3, 0.4) is 0 Å². The van der Waals surface area contributed by atoms with E-state index in [0.717, 1.165) is 22.4 Å². The van der Waals surface area contributed by atoms with Gasteiger partial charge in [-0.2, -0.15) is 0 Å². The van der Waals surface area contributed by atoms with Crippen molar-refractivity contribution in [1.29, 1.82) is 0 Å². The lowest BCUT2D eigenvalue weighted by atomic mass is 9.87. The molecule has 0 aliphatic rings. The summed E-state index contributed by atoms with van der Waals surface area (Å²) in [6.07, 6.45) is 1.93. The van der Waals surface area contributed by atoms with Gasteiger partial charge >= 0.3 is 0 Å². The fourth-order valence-electron chi connectivity index (χ4n) is 5.91. The van der Waals surface area contributed by atoms with Gasteiger partial charge in [0.05, 0.1) is 22.2 Å². The Morgan fingerprint density at radius 2 is 1.42 bits per heavy atom. The third kappa shape index (κ3) is 2.55. The van der Waals surface area contributed by atoms with E-state index in [1.807, 2.05) is 18.3 Å². The number of pyridine rings is 1. The van der Waals surface area contributed by atoms with E-state index in [9.17, 15) is 0 Å². The van der Waals surface area contributed by atoms with Gasteiger partial charge in [-0.25, -0.2) is 0 Å². The Balaban J connectivity index is 1.45. The molecule has 8 rings (SSSR count). The molecule has 0 spiro atoms. The van der Waals surface area contributed by atoms with Gasteiger partial charge in [0.1, 0.15) is 11.2 Å². The molecule has 36 heavy (non-hydrogen) atoms. The topological polar surface area (TPSA) is 30.4 Å². The lowest BCUT2D eigenvalue weighted by molar-refractivity contribution is 0.589. The summed E-state index contributed by atoms with van der Waals surface area (Å²) < 4.78 is 8.66. The zero-order valence-electron chi connectivity index (χ0n) is 20.5. The van der Waals surface area contributed by atoms with Crippen LogP contribution in [-0.2, 0) is 5.41 Å². The van der Waals surface area contributed by atoms with Crippen molar-refractivity contribution >= 4 is 60.0 Å². The van der Waals surface area contributed by atoms with Gasteiger partial charge in [-0.15, -0.1) is 0 Å². The second-order valence-electron chi connectivity index (χ2n) is 10.9. The van der Waals surface area contributed by atoms with Crippen LogP contribution in [0.1, 0.15) is 26.3 Å². The highest BCUT2D eigenvalue weighted by molar-refractivity contribution is 6.25. The summed E-state index contributed by atoms with van der Waals surface area (Å²) in [6.45, 7) is 6.73. The molecular weight excluding hydrogens is 440 g/mol. The van der Waals surface area contributed by atoms with Crippen molar-refractivity contribution < 1.29 is 4.42 Å². The lowest BCUT2D eigenvalue weighted by Gasteiger charge is -2.19. The van der Waals surface area contributed by atoms with Crippen LogP contribution in [0.25, 0.3) is 71.3 Å². The molecule has 0 atom stereocenters. The van der Waals surface area contributed by atoms with Crippen LogP contribution < -0.4 is 0 Å². The van der Waals surface area contributed by atoms with E-state index in [4.69, 9.17) is 9.40 Å². The lowest BCUT2D eigenvalue weighted by Crippen LogP contribution is -2.11. The normalized spacial score (nSPS) is 12.9. The van der Waals surface area contributed by atoms with Crippen molar-refractivity contribution in [2.45, 2.75) is 26.2 Å². The SMILES string of the molecule is CC(C)(C)c1ccnc(-c2ccc3c(c2)c2cccc4c5cc6c(cc5n3c24)oc2ccccc26)c1. The van der Waals surface area contributed by atoms with Crippen molar-refractivity contribution in [2.75, 3.05) is 0 Å². The van der Waals surface area contributed by atoms with Gasteiger partial charge < -0.3 is 8.82 Å². The highest BCUT2D eigenvalue weighted by Gasteiger charge is 2.20. The number of para-hydroxylation sites is 2. The standard InChI is InChI=1S/C33H24N2O/c1-33(2,3)20-13-14-34-27(16-20)19-11-12-28-24(15-19)22-8-6-9-23-25-17-26-21-7-4-5-10-30(21)36-31(26)18-29(25)35(28)32(22)23/h4-18H,1-3H3. The summed E-state index contributed by atoms with van der Waals surface area (Å²) >= 11 is 0. The molecule has 0 aliphatic heterocycles. The van der Waals surface area contributed by atoms with E-state index >= 15 is 0 Å². The quantitative estimate of drug-likeness (QED) is 0.242. The van der Waals surface area contributed by atoms with Gasteiger partial charge in [0, 0.05) is 50.1 Å². The van der Waals surface area contributed by atoms with Crippen LogP contribution >= 0.6 is 0 Å². The number of hydrogen-bond acceptors (Lipinski definition) is 2. The molecule has 8 aromatic rings. The minimum Gasteiger partial charge on any atom is -0.456 e. The minimum absolute atomic E-state index is 0.0826. The average Bonchev–Trinajstić information content (AvgIpc) is 3.53. The van der Waals surface area contributed by atoms with Crippen molar-refractivity contribution in [1.82, 2.24) is 9.38 Å². The predicted molar refractivity (Wildman–Crippen MR) is 150 cm³/mol. The number of nitrogens with zero attached hydrogens (tertiary/aromatic N) is 2. The third-order valence-corrected chi connectivity index (χ3v) is 7.74. The molecule has 3 nitrogen and oxygen atoms in total. The van der Waals surface area contributed by atoms with Crippen LogP contribution in [0, 0.1) is 0 Å². The van der Waals surface area contributed by atoms with E-state index in [-0.39, 0.29) is 5.41 Å². The van der Waals surface area contributed by atoms with Gasteiger partial charge in [0.2, 0.25) is 0 Å². The van der Waals surface area contributed by atoms with Gasteiger partial charge in [-0.1, -0.05) is 63.2 Å². The molecule has 0 bridgehead atoms. The Morgan fingerprint density at radius 1 is 0.639 bits per heavy atom. The summed E-state index contributed by atoms with van der Waals surface area (Å²) in [5.41, 5.74) is 9.06. The first-order valence-corrected chi connectivity index (χ1v) is 12.5. The molecule has 0 amide bonds. The monoisotopic (exact) mass is 464 g/mol. The van der Waals surface area contributed by atoms with E-state index in [0.29, 0.717) is 0 Å². The number of benzene rings is 4. The molecule has 0 saturated carbocycles. The average molecular weight is 465 g/mol. The van der Waals surface area contributed by atoms with E-state index in [2.05, 4.69) is 98.0 Å². The van der Waals surface area contributed by atoms with Crippen LogP contribution in [0.2, 0.25) is 0 Å². The molecule has 0 radical (unpaired) electrons. The zero-order valence-corrected chi connectivity index (χ0v) is 20.5. The smallest absolute Gasteiger partial charge is 0.137 e. The first-order valence-electron chi connectivity index (χ1n) is 12.5. The highest BCUT2D eigenvalue weighted by atomic mass is 16.3. The van der Waals surface area contributed by atoms with Gasteiger partial charge in [0.15, 0.2) is 0 Å². The number of fused-ring (bicyclic) bond motifs is 9. The highest BCUT2D eigenvalue weighted by Crippen LogP contribution is 2.42. The van der Waals surface area contributed by atoms with E-state index in [1.165, 1.54) is 54.4 Å². The first kappa shape index (κ1) is 19.9. The Bertz CT molecular complexity index is 2140. The zero-order chi connectivity index (χ0) is 24.2. The molecule has 3 heteroatoms. The van der Waals surface area contributed by atoms with Crippen molar-refractivity contribution in [3.05, 3.63) is 96.7 Å². The summed E-state index contributed by atoms with van der Waals surface area (Å²) in [6, 6.07) is 30.6. The molecule has 4 aromatic heterocycles. The van der Waals surface area contributed by atoms with Crippen molar-refractivity contribution in [3.8, 4) is 11.3 Å². The predicted octanol–water partition coefficient (Wildman–Crippen LogP) is 9.10. The van der Waals surface area contributed by atoms with Crippen LogP contribution in [-0.4, -0.2) is 9.38 Å². The first-order chi connectivity index (χ1) is 17.5. The summed E-state index contributed by atoms with van der Waals surface area (Å²) in [7, 11) is 0. The molecule has 172 valence electrons. The van der Waals surface area contributed by atoms with E-state index < -0.39 is 0 Å². The Hall–Kier alpha value is -4.37. The molecule has 0 unspecified atom stereocenters.